The summed E-state index contributed by atoms with van der Waals surface area (Å²) >= 11 is 0. The van der Waals surface area contributed by atoms with Gasteiger partial charge < -0.3 is 10.1 Å². The fourth-order valence-electron chi connectivity index (χ4n) is 3.43. The monoisotopic (exact) mass is 449 g/mol. The van der Waals surface area contributed by atoms with Crippen LogP contribution in [0.5, 0.6) is 5.75 Å². The molecule has 0 aliphatic heterocycles. The van der Waals surface area contributed by atoms with Crippen LogP contribution in [0, 0.1) is 13.8 Å². The molecule has 1 N–H and O–H groups in total. The van der Waals surface area contributed by atoms with Crippen LogP contribution in [0.15, 0.2) is 24.3 Å². The molecule has 1 amide bonds. The van der Waals surface area contributed by atoms with Gasteiger partial charge in [0, 0.05) is 17.8 Å². The number of hydrogen-bond acceptors (Lipinski definition) is 5. The number of carbonyl (C=O) groups is 1. The van der Waals surface area contributed by atoms with E-state index in [0.717, 1.165) is 15.8 Å². The minimum atomic E-state index is -4.65. The number of aryl methyl sites for hydroxylation is 2. The van der Waals surface area contributed by atoms with Crippen molar-refractivity contribution in [2.24, 2.45) is 0 Å². The molecular formula is C22H26F3N5O2. The number of nitrogens with zero attached hydrogens (tertiary/aromatic N) is 4. The molecule has 2 heterocycles. The summed E-state index contributed by atoms with van der Waals surface area (Å²) in [5.74, 6) is -0.758. The molecule has 0 radical (unpaired) electrons. The molecule has 1 unspecified atom stereocenters. The van der Waals surface area contributed by atoms with Crippen molar-refractivity contribution in [1.29, 1.82) is 0 Å². The lowest BCUT2D eigenvalue weighted by Gasteiger charge is -2.16. The van der Waals surface area contributed by atoms with Crippen LogP contribution in [0.3, 0.4) is 0 Å². The summed E-state index contributed by atoms with van der Waals surface area (Å²) in [6.07, 6.45) is -4.09. The Hall–Kier alpha value is -3.17. The van der Waals surface area contributed by atoms with Crippen LogP contribution >= 0.6 is 0 Å². The van der Waals surface area contributed by atoms with Crippen LogP contribution in [0.2, 0.25) is 0 Å². The van der Waals surface area contributed by atoms with Crippen molar-refractivity contribution in [1.82, 2.24) is 24.9 Å². The van der Waals surface area contributed by atoms with Crippen molar-refractivity contribution in [3.05, 3.63) is 52.6 Å². The largest absolute Gasteiger partial charge is 0.491 e. The molecule has 0 bridgehead atoms. The first-order chi connectivity index (χ1) is 15.0. The molecule has 0 saturated heterocycles. The molecule has 1 aromatic carbocycles. The van der Waals surface area contributed by atoms with Gasteiger partial charge in [-0.1, -0.05) is 12.1 Å². The second-order valence-corrected chi connectivity index (χ2v) is 7.93. The van der Waals surface area contributed by atoms with Crippen LogP contribution in [0.4, 0.5) is 13.2 Å². The van der Waals surface area contributed by atoms with Gasteiger partial charge in [0.2, 0.25) is 5.91 Å². The molecule has 0 aliphatic rings. The van der Waals surface area contributed by atoms with E-state index in [1.165, 1.54) is 0 Å². The number of amides is 1. The summed E-state index contributed by atoms with van der Waals surface area (Å²) in [7, 11) is 0. The van der Waals surface area contributed by atoms with Gasteiger partial charge in [-0.15, -0.1) is 5.10 Å². The molecule has 172 valence electrons. The number of nitrogens with one attached hydrogen (secondary N) is 1. The first kappa shape index (κ1) is 23.5. The molecule has 10 heteroatoms. The lowest BCUT2D eigenvalue weighted by atomic mass is 10.1. The molecule has 0 spiro atoms. The van der Waals surface area contributed by atoms with Crippen molar-refractivity contribution in [2.45, 2.75) is 65.8 Å². The summed E-state index contributed by atoms with van der Waals surface area (Å²) in [5, 5.41) is 6.48. The maximum Gasteiger partial charge on any atom is 0.453 e. The SMILES string of the molecule is Cc1nc2nc(C(F)(F)F)nn2c(C)c1CCC(=O)NC(C)c1ccc(OC(C)C)cc1. The molecule has 3 aromatic rings. The average molecular weight is 449 g/mol. The highest BCUT2D eigenvalue weighted by Gasteiger charge is 2.37. The molecule has 2 aromatic heterocycles. The van der Waals surface area contributed by atoms with Gasteiger partial charge in [-0.3, -0.25) is 4.79 Å². The summed E-state index contributed by atoms with van der Waals surface area (Å²) in [4.78, 5) is 20.1. The first-order valence-corrected chi connectivity index (χ1v) is 10.3. The van der Waals surface area contributed by atoms with Crippen LogP contribution in [-0.2, 0) is 17.4 Å². The van der Waals surface area contributed by atoms with E-state index in [1.54, 1.807) is 13.8 Å². The van der Waals surface area contributed by atoms with Gasteiger partial charge in [-0.25, -0.2) is 9.50 Å². The molecule has 0 fully saturated rings. The van der Waals surface area contributed by atoms with E-state index in [2.05, 4.69) is 20.4 Å². The normalized spacial score (nSPS) is 12.9. The number of hydrogen-bond donors (Lipinski definition) is 1. The van der Waals surface area contributed by atoms with Crippen LogP contribution in [-0.4, -0.2) is 31.6 Å². The zero-order valence-corrected chi connectivity index (χ0v) is 18.6. The molecule has 0 saturated carbocycles. The van der Waals surface area contributed by atoms with Crippen LogP contribution < -0.4 is 10.1 Å². The van der Waals surface area contributed by atoms with E-state index in [4.69, 9.17) is 4.74 Å². The topological polar surface area (TPSA) is 81.4 Å². The van der Waals surface area contributed by atoms with Gasteiger partial charge in [0.25, 0.3) is 11.6 Å². The first-order valence-electron chi connectivity index (χ1n) is 10.3. The third kappa shape index (κ3) is 5.35. The van der Waals surface area contributed by atoms with Gasteiger partial charge in [0.15, 0.2) is 0 Å². The number of aromatic nitrogens is 4. The zero-order valence-electron chi connectivity index (χ0n) is 18.6. The zero-order chi connectivity index (χ0) is 23.6. The van der Waals surface area contributed by atoms with Crippen molar-refractivity contribution < 1.29 is 22.7 Å². The van der Waals surface area contributed by atoms with E-state index in [0.29, 0.717) is 23.4 Å². The van der Waals surface area contributed by atoms with Crippen LogP contribution in [0.25, 0.3) is 5.78 Å². The van der Waals surface area contributed by atoms with E-state index < -0.39 is 12.0 Å². The number of fused-ring (bicyclic) bond motifs is 1. The van der Waals surface area contributed by atoms with E-state index in [-0.39, 0.29) is 30.3 Å². The lowest BCUT2D eigenvalue weighted by Crippen LogP contribution is -2.27. The van der Waals surface area contributed by atoms with Gasteiger partial charge in [-0.05, 0) is 64.3 Å². The molecule has 3 rings (SSSR count). The van der Waals surface area contributed by atoms with Gasteiger partial charge in [0.05, 0.1) is 12.1 Å². The molecule has 1 atom stereocenters. The number of ether oxygens (including phenoxy) is 1. The molecular weight excluding hydrogens is 423 g/mol. The van der Waals surface area contributed by atoms with E-state index in [9.17, 15) is 18.0 Å². The Bertz CT molecular complexity index is 1110. The summed E-state index contributed by atoms with van der Waals surface area (Å²) in [6.45, 7) is 9.12. The highest BCUT2D eigenvalue weighted by Crippen LogP contribution is 2.27. The van der Waals surface area contributed by atoms with E-state index in [1.807, 2.05) is 45.0 Å². The third-order valence-electron chi connectivity index (χ3n) is 5.03. The Balaban J connectivity index is 1.66. The highest BCUT2D eigenvalue weighted by molar-refractivity contribution is 5.76. The number of rotatable bonds is 7. The predicted molar refractivity (Wildman–Crippen MR) is 112 cm³/mol. The number of carbonyl (C=O) groups excluding carboxylic acids is 1. The summed E-state index contributed by atoms with van der Waals surface area (Å²) < 4.78 is 45.5. The van der Waals surface area contributed by atoms with Crippen LogP contribution in [0.1, 0.15) is 61.6 Å². The molecule has 0 aliphatic carbocycles. The fourth-order valence-corrected chi connectivity index (χ4v) is 3.43. The second-order valence-electron chi connectivity index (χ2n) is 7.93. The Labute approximate surface area is 184 Å². The maximum atomic E-state index is 12.9. The summed E-state index contributed by atoms with van der Waals surface area (Å²) in [6, 6.07) is 7.32. The molecule has 7 nitrogen and oxygen atoms in total. The van der Waals surface area contributed by atoms with E-state index >= 15 is 0 Å². The third-order valence-corrected chi connectivity index (χ3v) is 5.03. The molecule has 32 heavy (non-hydrogen) atoms. The van der Waals surface area contributed by atoms with Crippen molar-refractivity contribution in [2.75, 3.05) is 0 Å². The standard InChI is InChI=1S/C22H26F3N5O2/c1-12(2)32-17-8-6-16(7-9-17)13(3)26-19(31)11-10-18-14(4)27-21-28-20(22(23,24)25)29-30(21)15(18)5/h6-9,12-13H,10-11H2,1-5H3,(H,26,31). The quantitative estimate of drug-likeness (QED) is 0.580. The average Bonchev–Trinajstić information content (AvgIpc) is 3.12. The van der Waals surface area contributed by atoms with Crippen molar-refractivity contribution in [3.8, 4) is 5.75 Å². The number of halogens is 3. The minimum Gasteiger partial charge on any atom is -0.491 e. The minimum absolute atomic E-state index is 0.0798. The summed E-state index contributed by atoms with van der Waals surface area (Å²) in [5.41, 5.74) is 2.62. The smallest absolute Gasteiger partial charge is 0.453 e. The Morgan fingerprint density at radius 3 is 2.38 bits per heavy atom. The van der Waals surface area contributed by atoms with Gasteiger partial charge in [0.1, 0.15) is 5.75 Å². The predicted octanol–water partition coefficient (Wildman–Crippen LogP) is 4.36. The number of benzene rings is 1. The number of alkyl halides is 3. The second kappa shape index (κ2) is 9.13. The van der Waals surface area contributed by atoms with Crippen molar-refractivity contribution in [3.63, 3.8) is 0 Å². The van der Waals surface area contributed by atoms with Gasteiger partial charge in [-0.2, -0.15) is 18.2 Å². The maximum absolute atomic E-state index is 12.9. The Kier molecular flexibility index (Phi) is 6.71. The highest BCUT2D eigenvalue weighted by atomic mass is 19.4. The van der Waals surface area contributed by atoms with Crippen molar-refractivity contribution >= 4 is 11.7 Å². The lowest BCUT2D eigenvalue weighted by molar-refractivity contribution is -0.144. The Morgan fingerprint density at radius 1 is 1.12 bits per heavy atom. The Morgan fingerprint density at radius 2 is 1.78 bits per heavy atom. The van der Waals surface area contributed by atoms with Gasteiger partial charge >= 0.3 is 6.18 Å². The fraction of sp³-hybridized carbons (Fsp3) is 0.455.